The first-order valence-electron chi connectivity index (χ1n) is 7.33. The number of aromatic hydroxyl groups is 1. The normalized spacial score (nSPS) is 14.4. The lowest BCUT2D eigenvalue weighted by Crippen LogP contribution is -2.18. The molecule has 0 amide bonds. The van der Waals surface area contributed by atoms with Gasteiger partial charge in [-0.3, -0.25) is 4.98 Å². The highest BCUT2D eigenvalue weighted by Crippen LogP contribution is 2.20. The van der Waals surface area contributed by atoms with Crippen LogP contribution in [0.3, 0.4) is 0 Å². The van der Waals surface area contributed by atoms with Crippen LogP contribution in [-0.4, -0.2) is 28.2 Å². The van der Waals surface area contributed by atoms with Gasteiger partial charge in [-0.05, 0) is 44.0 Å². The molecular weight excluding hydrogens is 264 g/mol. The van der Waals surface area contributed by atoms with E-state index >= 15 is 0 Å². The van der Waals surface area contributed by atoms with E-state index in [1.807, 2.05) is 25.3 Å². The number of rotatable bonds is 4. The molecule has 2 N–H and O–H groups in total. The maximum Gasteiger partial charge on any atom is 0.138 e. The van der Waals surface area contributed by atoms with Crippen molar-refractivity contribution in [2.75, 3.05) is 23.3 Å². The number of aromatic nitrogens is 2. The fraction of sp³-hybridized carbons (Fsp3) is 0.375. The molecule has 3 heterocycles. The zero-order valence-electron chi connectivity index (χ0n) is 12.2. The first-order chi connectivity index (χ1) is 10.2. The second-order valence-electron chi connectivity index (χ2n) is 5.37. The van der Waals surface area contributed by atoms with Gasteiger partial charge < -0.3 is 15.3 Å². The minimum absolute atomic E-state index is 0.217. The summed E-state index contributed by atoms with van der Waals surface area (Å²) in [4.78, 5) is 11.1. The summed E-state index contributed by atoms with van der Waals surface area (Å²) in [6.45, 7) is 4.59. The van der Waals surface area contributed by atoms with Crippen LogP contribution in [0.15, 0.2) is 30.5 Å². The third-order valence-corrected chi connectivity index (χ3v) is 3.73. The number of aryl methyl sites for hydroxylation is 1. The van der Waals surface area contributed by atoms with E-state index in [9.17, 15) is 5.11 Å². The van der Waals surface area contributed by atoms with Crippen LogP contribution in [0.4, 0.5) is 11.5 Å². The van der Waals surface area contributed by atoms with Gasteiger partial charge in [-0.15, -0.1) is 0 Å². The SMILES string of the molecule is Cc1ccc(O)c(CNc2ccc(N3CCCC3)nc2)n1. The smallest absolute Gasteiger partial charge is 0.138 e. The molecule has 1 saturated heterocycles. The summed E-state index contributed by atoms with van der Waals surface area (Å²) in [5.74, 6) is 1.25. The van der Waals surface area contributed by atoms with Crippen molar-refractivity contribution in [3.63, 3.8) is 0 Å². The van der Waals surface area contributed by atoms with E-state index in [0.717, 1.165) is 30.3 Å². The number of nitrogens with one attached hydrogen (secondary N) is 1. The Kier molecular flexibility index (Phi) is 3.90. The maximum absolute atomic E-state index is 9.78. The zero-order valence-corrected chi connectivity index (χ0v) is 12.2. The average Bonchev–Trinajstić information content (AvgIpc) is 3.03. The van der Waals surface area contributed by atoms with Crippen molar-refractivity contribution in [2.45, 2.75) is 26.3 Å². The highest BCUT2D eigenvalue weighted by molar-refractivity contribution is 5.49. The van der Waals surface area contributed by atoms with Gasteiger partial charge in [0.2, 0.25) is 0 Å². The third-order valence-electron chi connectivity index (χ3n) is 3.73. The van der Waals surface area contributed by atoms with E-state index in [-0.39, 0.29) is 5.75 Å². The van der Waals surface area contributed by atoms with Crippen LogP contribution >= 0.6 is 0 Å². The van der Waals surface area contributed by atoms with Gasteiger partial charge in [-0.2, -0.15) is 0 Å². The first-order valence-corrected chi connectivity index (χ1v) is 7.33. The van der Waals surface area contributed by atoms with Crippen molar-refractivity contribution < 1.29 is 5.11 Å². The summed E-state index contributed by atoms with van der Waals surface area (Å²) in [5.41, 5.74) is 2.48. The lowest BCUT2D eigenvalue weighted by molar-refractivity contribution is 0.464. The standard InChI is InChI=1S/C16H20N4O/c1-12-4-6-15(21)14(19-12)11-17-13-5-7-16(18-10-13)20-8-2-3-9-20/h4-7,10,17,21H,2-3,8-9,11H2,1H3. The molecule has 2 aromatic heterocycles. The second kappa shape index (κ2) is 5.99. The molecule has 1 aliphatic rings. The van der Waals surface area contributed by atoms with Gasteiger partial charge in [-0.1, -0.05) is 0 Å². The van der Waals surface area contributed by atoms with Crippen molar-refractivity contribution in [2.24, 2.45) is 0 Å². The van der Waals surface area contributed by atoms with E-state index in [2.05, 4.69) is 20.2 Å². The number of nitrogens with zero attached hydrogens (tertiary/aromatic N) is 3. The molecule has 0 aromatic carbocycles. The monoisotopic (exact) mass is 284 g/mol. The Balaban J connectivity index is 1.64. The topological polar surface area (TPSA) is 61.3 Å². The van der Waals surface area contributed by atoms with E-state index < -0.39 is 0 Å². The second-order valence-corrected chi connectivity index (χ2v) is 5.37. The molecule has 0 aliphatic carbocycles. The lowest BCUT2D eigenvalue weighted by Gasteiger charge is -2.16. The Hall–Kier alpha value is -2.30. The van der Waals surface area contributed by atoms with Crippen LogP contribution < -0.4 is 10.2 Å². The summed E-state index contributed by atoms with van der Waals surface area (Å²) in [6.07, 6.45) is 4.33. The van der Waals surface area contributed by atoms with E-state index in [1.165, 1.54) is 12.8 Å². The molecule has 1 fully saturated rings. The van der Waals surface area contributed by atoms with Crippen molar-refractivity contribution >= 4 is 11.5 Å². The maximum atomic E-state index is 9.78. The highest BCUT2D eigenvalue weighted by atomic mass is 16.3. The molecule has 5 nitrogen and oxygen atoms in total. The molecule has 110 valence electrons. The first kappa shape index (κ1) is 13.7. The van der Waals surface area contributed by atoms with Gasteiger partial charge in [0, 0.05) is 18.8 Å². The summed E-state index contributed by atoms with van der Waals surface area (Å²) in [7, 11) is 0. The van der Waals surface area contributed by atoms with Crippen LogP contribution in [0.5, 0.6) is 5.75 Å². The Bertz CT molecular complexity index is 606. The molecule has 0 bridgehead atoms. The third kappa shape index (κ3) is 3.24. The van der Waals surface area contributed by atoms with E-state index in [0.29, 0.717) is 12.2 Å². The molecule has 0 saturated carbocycles. The minimum atomic E-state index is 0.217. The van der Waals surface area contributed by atoms with Crippen molar-refractivity contribution in [3.8, 4) is 5.75 Å². The predicted molar refractivity (Wildman–Crippen MR) is 83.6 cm³/mol. The van der Waals surface area contributed by atoms with Gasteiger partial charge in [0.15, 0.2) is 0 Å². The molecule has 2 aromatic rings. The zero-order chi connectivity index (χ0) is 14.7. The summed E-state index contributed by atoms with van der Waals surface area (Å²) < 4.78 is 0. The van der Waals surface area contributed by atoms with Crippen LogP contribution in [0.25, 0.3) is 0 Å². The number of hydrogen-bond acceptors (Lipinski definition) is 5. The van der Waals surface area contributed by atoms with Crippen LogP contribution in [0, 0.1) is 6.92 Å². The molecule has 1 aliphatic heterocycles. The number of pyridine rings is 2. The molecule has 0 unspecified atom stereocenters. The van der Waals surface area contributed by atoms with Crippen molar-refractivity contribution in [1.82, 2.24) is 9.97 Å². The molecule has 21 heavy (non-hydrogen) atoms. The molecule has 5 heteroatoms. The summed E-state index contributed by atoms with van der Waals surface area (Å²) in [5, 5.41) is 13.0. The molecule has 0 radical (unpaired) electrons. The van der Waals surface area contributed by atoms with Gasteiger partial charge >= 0.3 is 0 Å². The molecular formula is C16H20N4O. The van der Waals surface area contributed by atoms with Crippen molar-refractivity contribution in [1.29, 1.82) is 0 Å². The van der Waals surface area contributed by atoms with Crippen molar-refractivity contribution in [3.05, 3.63) is 41.9 Å². The van der Waals surface area contributed by atoms with Gasteiger partial charge in [0.1, 0.15) is 17.3 Å². The Morgan fingerprint density at radius 3 is 2.71 bits per heavy atom. The van der Waals surface area contributed by atoms with Crippen LogP contribution in [0.2, 0.25) is 0 Å². The van der Waals surface area contributed by atoms with Crippen LogP contribution in [-0.2, 0) is 6.54 Å². The lowest BCUT2D eigenvalue weighted by atomic mass is 10.2. The van der Waals surface area contributed by atoms with E-state index in [4.69, 9.17) is 0 Å². The quantitative estimate of drug-likeness (QED) is 0.904. The van der Waals surface area contributed by atoms with E-state index in [1.54, 1.807) is 12.1 Å². The Morgan fingerprint density at radius 2 is 2.00 bits per heavy atom. The number of anilines is 2. The largest absolute Gasteiger partial charge is 0.506 e. The van der Waals surface area contributed by atoms with Gasteiger partial charge in [0.25, 0.3) is 0 Å². The Labute approximate surface area is 124 Å². The minimum Gasteiger partial charge on any atom is -0.506 e. The molecule has 3 rings (SSSR count). The van der Waals surface area contributed by atoms with Gasteiger partial charge in [0.05, 0.1) is 18.4 Å². The Morgan fingerprint density at radius 1 is 1.19 bits per heavy atom. The van der Waals surface area contributed by atoms with Crippen LogP contribution in [0.1, 0.15) is 24.2 Å². The summed E-state index contributed by atoms with van der Waals surface area (Å²) >= 11 is 0. The summed E-state index contributed by atoms with van der Waals surface area (Å²) in [6, 6.07) is 7.53. The highest BCUT2D eigenvalue weighted by Gasteiger charge is 2.13. The van der Waals surface area contributed by atoms with Gasteiger partial charge in [-0.25, -0.2) is 4.98 Å². The molecule has 0 spiro atoms. The predicted octanol–water partition coefficient (Wildman–Crippen LogP) is 2.70. The average molecular weight is 284 g/mol. The fourth-order valence-electron chi connectivity index (χ4n) is 2.54. The molecule has 0 atom stereocenters. The number of hydrogen-bond donors (Lipinski definition) is 2. The fourth-order valence-corrected chi connectivity index (χ4v) is 2.54.